The third kappa shape index (κ3) is 4.08. The molecule has 0 aromatic carbocycles. The molecular weight excluding hydrogens is 276 g/mol. The van der Waals surface area contributed by atoms with E-state index in [0.29, 0.717) is 0 Å². The number of aliphatic carboxylic acids is 2. The highest BCUT2D eigenvalue weighted by Gasteiger charge is 2.24. The summed E-state index contributed by atoms with van der Waals surface area (Å²) in [5.41, 5.74) is 0. The Balaban J connectivity index is 2.72. The van der Waals surface area contributed by atoms with Gasteiger partial charge < -0.3 is 19.9 Å². The maximum absolute atomic E-state index is 11.6. The molecule has 1 amide bonds. The van der Waals surface area contributed by atoms with Crippen LogP contribution in [0.5, 0.6) is 0 Å². The van der Waals surface area contributed by atoms with Crippen molar-refractivity contribution in [2.24, 2.45) is 0 Å². The van der Waals surface area contributed by atoms with Crippen LogP contribution < -0.4 is 5.32 Å². The van der Waals surface area contributed by atoms with E-state index in [4.69, 9.17) is 10.2 Å². The average molecular weight is 286 g/mol. The zero-order valence-electron chi connectivity index (χ0n) is 9.94. The fourth-order valence-electron chi connectivity index (χ4n) is 1.30. The van der Waals surface area contributed by atoms with E-state index >= 15 is 0 Å². The standard InChI is InChI=1S/C10H10N2O8/c13-8(14)4-1-5(10(16)17)11-9(15)6-2-3-7(20-6)12(18)19/h2-3,5H,1,4H2,(H,11,15)(H,13,14)(H,16,17)/t5-/m0/s1. The molecule has 1 heterocycles. The van der Waals surface area contributed by atoms with Gasteiger partial charge in [-0.05, 0) is 12.5 Å². The highest BCUT2D eigenvalue weighted by Crippen LogP contribution is 2.15. The lowest BCUT2D eigenvalue weighted by molar-refractivity contribution is -0.402. The van der Waals surface area contributed by atoms with Gasteiger partial charge in [-0.2, -0.15) is 0 Å². The zero-order chi connectivity index (χ0) is 15.3. The minimum absolute atomic E-state index is 0.320. The van der Waals surface area contributed by atoms with Crippen LogP contribution in [-0.4, -0.2) is 39.0 Å². The highest BCUT2D eigenvalue weighted by atomic mass is 16.6. The first-order chi connectivity index (χ1) is 9.31. The van der Waals surface area contributed by atoms with Crippen LogP contribution in [0.4, 0.5) is 5.88 Å². The molecule has 20 heavy (non-hydrogen) atoms. The fraction of sp³-hybridized carbons (Fsp3) is 0.300. The molecule has 0 aliphatic heterocycles. The van der Waals surface area contributed by atoms with Gasteiger partial charge in [0.15, 0.2) is 5.76 Å². The van der Waals surface area contributed by atoms with Gasteiger partial charge in [-0.25, -0.2) is 4.79 Å². The van der Waals surface area contributed by atoms with Crippen molar-refractivity contribution in [1.29, 1.82) is 0 Å². The lowest BCUT2D eigenvalue weighted by atomic mass is 10.1. The molecule has 10 nitrogen and oxygen atoms in total. The van der Waals surface area contributed by atoms with Crippen LogP contribution in [0.25, 0.3) is 0 Å². The number of nitrogens with zero attached hydrogens (tertiary/aromatic N) is 1. The van der Waals surface area contributed by atoms with Crippen molar-refractivity contribution in [3.8, 4) is 0 Å². The minimum Gasteiger partial charge on any atom is -0.481 e. The smallest absolute Gasteiger partial charge is 0.433 e. The van der Waals surface area contributed by atoms with E-state index in [0.717, 1.165) is 12.1 Å². The van der Waals surface area contributed by atoms with E-state index in [1.165, 1.54) is 0 Å². The molecule has 0 bridgehead atoms. The summed E-state index contributed by atoms with van der Waals surface area (Å²) in [6, 6.07) is 0.536. The maximum Gasteiger partial charge on any atom is 0.433 e. The third-order valence-corrected chi connectivity index (χ3v) is 2.25. The first-order valence-corrected chi connectivity index (χ1v) is 5.31. The highest BCUT2D eigenvalue weighted by molar-refractivity contribution is 5.94. The molecular formula is C10H10N2O8. The fourth-order valence-corrected chi connectivity index (χ4v) is 1.30. The summed E-state index contributed by atoms with van der Waals surface area (Å²) in [5.74, 6) is -4.69. The number of hydrogen-bond donors (Lipinski definition) is 3. The minimum atomic E-state index is -1.43. The van der Waals surface area contributed by atoms with Crippen molar-refractivity contribution in [1.82, 2.24) is 5.32 Å². The Morgan fingerprint density at radius 3 is 2.45 bits per heavy atom. The first-order valence-electron chi connectivity index (χ1n) is 5.31. The Morgan fingerprint density at radius 1 is 1.35 bits per heavy atom. The van der Waals surface area contributed by atoms with Crippen molar-refractivity contribution < 1.29 is 33.9 Å². The molecule has 0 radical (unpaired) electrons. The van der Waals surface area contributed by atoms with Gasteiger partial charge in [-0.15, -0.1) is 0 Å². The molecule has 0 aliphatic carbocycles. The topological polar surface area (TPSA) is 160 Å². The van der Waals surface area contributed by atoms with Crippen molar-refractivity contribution in [2.75, 3.05) is 0 Å². The molecule has 0 fully saturated rings. The van der Waals surface area contributed by atoms with Gasteiger partial charge in [0.05, 0.1) is 6.07 Å². The summed E-state index contributed by atoms with van der Waals surface area (Å²) in [4.78, 5) is 42.3. The molecule has 0 aliphatic rings. The van der Waals surface area contributed by atoms with Gasteiger partial charge >= 0.3 is 17.8 Å². The van der Waals surface area contributed by atoms with E-state index in [-0.39, 0.29) is 6.42 Å². The molecule has 1 aromatic heterocycles. The van der Waals surface area contributed by atoms with Crippen molar-refractivity contribution in [2.45, 2.75) is 18.9 Å². The zero-order valence-corrected chi connectivity index (χ0v) is 9.94. The van der Waals surface area contributed by atoms with Crippen LogP contribution >= 0.6 is 0 Å². The second-order valence-electron chi connectivity index (χ2n) is 3.69. The van der Waals surface area contributed by atoms with Crippen molar-refractivity contribution in [3.05, 3.63) is 28.0 Å². The summed E-state index contributed by atoms with van der Waals surface area (Å²) in [6.45, 7) is 0. The van der Waals surface area contributed by atoms with Crippen LogP contribution in [0.2, 0.25) is 0 Å². The van der Waals surface area contributed by atoms with Gasteiger partial charge in [0, 0.05) is 6.42 Å². The number of carboxylic acids is 2. The van der Waals surface area contributed by atoms with E-state index in [2.05, 4.69) is 4.42 Å². The molecule has 1 aromatic rings. The van der Waals surface area contributed by atoms with Crippen LogP contribution in [-0.2, 0) is 9.59 Å². The lowest BCUT2D eigenvalue weighted by Crippen LogP contribution is -2.41. The number of carboxylic acid groups (broad SMARTS) is 2. The predicted octanol–water partition coefficient (Wildman–Crippen LogP) is 0.236. The van der Waals surface area contributed by atoms with E-state index in [9.17, 15) is 24.5 Å². The number of nitrogens with one attached hydrogen (secondary N) is 1. The monoisotopic (exact) mass is 286 g/mol. The van der Waals surface area contributed by atoms with E-state index < -0.39 is 46.9 Å². The van der Waals surface area contributed by atoms with Gasteiger partial charge in [0.2, 0.25) is 0 Å². The number of carbonyl (C=O) groups is 3. The van der Waals surface area contributed by atoms with Gasteiger partial charge in [-0.3, -0.25) is 19.7 Å². The van der Waals surface area contributed by atoms with Crippen LogP contribution in [0.3, 0.4) is 0 Å². The summed E-state index contributed by atoms with van der Waals surface area (Å²) < 4.78 is 4.59. The summed E-state index contributed by atoms with van der Waals surface area (Å²) >= 11 is 0. The molecule has 0 saturated heterocycles. The number of nitro groups is 1. The number of furan rings is 1. The average Bonchev–Trinajstić information content (AvgIpc) is 2.83. The third-order valence-electron chi connectivity index (χ3n) is 2.25. The number of amides is 1. The van der Waals surface area contributed by atoms with Gasteiger partial charge in [0.1, 0.15) is 11.0 Å². The molecule has 1 atom stereocenters. The number of carbonyl (C=O) groups excluding carboxylic acids is 1. The molecule has 0 unspecified atom stereocenters. The van der Waals surface area contributed by atoms with Crippen LogP contribution in [0.15, 0.2) is 16.5 Å². The van der Waals surface area contributed by atoms with Crippen LogP contribution in [0.1, 0.15) is 23.4 Å². The molecule has 10 heteroatoms. The largest absolute Gasteiger partial charge is 0.481 e. The molecule has 3 N–H and O–H groups in total. The molecule has 1 rings (SSSR count). The van der Waals surface area contributed by atoms with Crippen LogP contribution in [0, 0.1) is 10.1 Å². The quantitative estimate of drug-likeness (QED) is 0.474. The van der Waals surface area contributed by atoms with Crippen molar-refractivity contribution >= 4 is 23.7 Å². The predicted molar refractivity (Wildman–Crippen MR) is 61.1 cm³/mol. The maximum atomic E-state index is 11.6. The lowest BCUT2D eigenvalue weighted by Gasteiger charge is -2.11. The van der Waals surface area contributed by atoms with E-state index in [1.807, 2.05) is 5.32 Å². The second kappa shape index (κ2) is 6.31. The van der Waals surface area contributed by atoms with Gasteiger partial charge in [0.25, 0.3) is 5.91 Å². The second-order valence-corrected chi connectivity index (χ2v) is 3.69. The normalized spacial score (nSPS) is 11.6. The molecule has 0 saturated carbocycles. The number of hydrogen-bond acceptors (Lipinski definition) is 6. The van der Waals surface area contributed by atoms with Gasteiger partial charge in [-0.1, -0.05) is 0 Å². The van der Waals surface area contributed by atoms with E-state index in [1.54, 1.807) is 0 Å². The number of rotatable bonds is 7. The summed E-state index contributed by atoms with van der Waals surface area (Å²) in [5, 5.41) is 29.7. The Labute approximate surface area is 111 Å². The molecule has 0 spiro atoms. The molecule has 108 valence electrons. The van der Waals surface area contributed by atoms with Crippen molar-refractivity contribution in [3.63, 3.8) is 0 Å². The SMILES string of the molecule is O=C(O)CC[C@H](NC(=O)c1ccc([N+](=O)[O-])o1)C(=O)O. The summed E-state index contributed by atoms with van der Waals surface area (Å²) in [7, 11) is 0. The Kier molecular flexibility index (Phi) is 4.78. The summed E-state index contributed by atoms with van der Waals surface area (Å²) in [6.07, 6.45) is -0.769. The Morgan fingerprint density at radius 2 is 2.00 bits per heavy atom. The Hall–Kier alpha value is -2.91. The first kappa shape index (κ1) is 15.1. The Bertz CT molecular complexity index is 549.